The van der Waals surface area contributed by atoms with E-state index in [1.165, 1.54) is 0 Å². The van der Waals surface area contributed by atoms with E-state index in [2.05, 4.69) is 0 Å². The molecule has 0 amide bonds. The zero-order valence-corrected chi connectivity index (χ0v) is 12.9. The summed E-state index contributed by atoms with van der Waals surface area (Å²) in [4.78, 5) is 0. The Labute approximate surface area is 121 Å². The zero-order chi connectivity index (χ0) is 14.6. The molecule has 0 bridgehead atoms. The molecule has 1 saturated carbocycles. The van der Waals surface area contributed by atoms with Crippen LogP contribution in [0.5, 0.6) is 0 Å². The van der Waals surface area contributed by atoms with Gasteiger partial charge in [0.1, 0.15) is 0 Å². The molecule has 0 aliphatic heterocycles. The highest BCUT2D eigenvalue weighted by Crippen LogP contribution is 2.34. The smallest absolute Gasteiger partial charge is 0.160 e. The summed E-state index contributed by atoms with van der Waals surface area (Å²) in [5.41, 5.74) is -0.186. The molecular weight excluding hydrogens is 272 g/mol. The standard InChI is InChI=1S/C16H24O3S/c1-2-15(14-9-5-3-6-10-14)20(18,19)13-16(17)11-7-4-8-12-16/h3,5-6,9-10,15,17H,2,4,7-8,11-13H2,1H3/t15-/m1/s1. The molecule has 4 heteroatoms. The second kappa shape index (κ2) is 6.27. The number of hydrogen-bond donors (Lipinski definition) is 1. The van der Waals surface area contributed by atoms with E-state index in [-0.39, 0.29) is 5.75 Å². The third-order valence-corrected chi connectivity index (χ3v) is 6.64. The summed E-state index contributed by atoms with van der Waals surface area (Å²) in [7, 11) is -3.33. The fraction of sp³-hybridized carbons (Fsp3) is 0.625. The van der Waals surface area contributed by atoms with E-state index in [9.17, 15) is 13.5 Å². The van der Waals surface area contributed by atoms with Crippen LogP contribution in [0, 0.1) is 0 Å². The minimum absolute atomic E-state index is 0.104. The second-order valence-electron chi connectivity index (χ2n) is 5.90. The minimum atomic E-state index is -3.33. The van der Waals surface area contributed by atoms with Gasteiger partial charge in [0.15, 0.2) is 9.84 Å². The molecular formula is C16H24O3S. The maximum Gasteiger partial charge on any atom is 0.160 e. The summed E-state index contributed by atoms with van der Waals surface area (Å²) < 4.78 is 25.4. The Bertz CT molecular complexity index is 516. The van der Waals surface area contributed by atoms with Crippen molar-refractivity contribution in [3.63, 3.8) is 0 Å². The molecule has 1 aliphatic carbocycles. The van der Waals surface area contributed by atoms with Gasteiger partial charge in [0.25, 0.3) is 0 Å². The second-order valence-corrected chi connectivity index (χ2v) is 8.08. The summed E-state index contributed by atoms with van der Waals surface area (Å²) in [6.07, 6.45) is 4.71. The van der Waals surface area contributed by atoms with Crippen molar-refractivity contribution < 1.29 is 13.5 Å². The molecule has 1 aromatic rings. The molecule has 3 nitrogen and oxygen atoms in total. The first kappa shape index (κ1) is 15.5. The SMILES string of the molecule is CC[C@H](c1ccccc1)S(=O)(=O)CC1(O)CCCCC1. The van der Waals surface area contributed by atoms with Crippen molar-refractivity contribution in [1.82, 2.24) is 0 Å². The number of aliphatic hydroxyl groups is 1. The van der Waals surface area contributed by atoms with E-state index in [1.54, 1.807) is 0 Å². The van der Waals surface area contributed by atoms with Gasteiger partial charge < -0.3 is 5.11 Å². The van der Waals surface area contributed by atoms with Crippen LogP contribution in [0.2, 0.25) is 0 Å². The first-order valence-corrected chi connectivity index (χ1v) is 9.17. The van der Waals surface area contributed by atoms with Crippen LogP contribution in [0.15, 0.2) is 30.3 Å². The predicted octanol–water partition coefficient (Wildman–Crippen LogP) is 3.25. The first-order valence-electron chi connectivity index (χ1n) is 7.46. The monoisotopic (exact) mass is 296 g/mol. The summed E-state index contributed by atoms with van der Waals surface area (Å²) in [6, 6.07) is 9.33. The molecule has 0 spiro atoms. The van der Waals surface area contributed by atoms with Gasteiger partial charge in [0.2, 0.25) is 0 Å². The topological polar surface area (TPSA) is 54.4 Å². The Morgan fingerprint density at radius 1 is 1.15 bits per heavy atom. The lowest BCUT2D eigenvalue weighted by molar-refractivity contribution is 0.0255. The molecule has 20 heavy (non-hydrogen) atoms. The number of hydrogen-bond acceptors (Lipinski definition) is 3. The van der Waals surface area contributed by atoms with E-state index in [1.807, 2.05) is 37.3 Å². The number of sulfone groups is 1. The van der Waals surface area contributed by atoms with Crippen LogP contribution in [0.1, 0.15) is 56.3 Å². The van der Waals surface area contributed by atoms with E-state index in [0.717, 1.165) is 24.8 Å². The van der Waals surface area contributed by atoms with Crippen molar-refractivity contribution >= 4 is 9.84 Å². The Kier molecular flexibility index (Phi) is 4.86. The van der Waals surface area contributed by atoms with Gasteiger partial charge in [0.05, 0.1) is 16.6 Å². The van der Waals surface area contributed by atoms with Crippen LogP contribution >= 0.6 is 0 Å². The molecule has 0 heterocycles. The third kappa shape index (κ3) is 3.61. The number of rotatable bonds is 5. The Hall–Kier alpha value is -0.870. The number of benzene rings is 1. The average Bonchev–Trinajstić information content (AvgIpc) is 2.40. The molecule has 1 N–H and O–H groups in total. The normalized spacial score (nSPS) is 20.5. The molecule has 0 radical (unpaired) electrons. The van der Waals surface area contributed by atoms with Crippen LogP contribution in [0.25, 0.3) is 0 Å². The summed E-state index contributed by atoms with van der Waals surface area (Å²) in [6.45, 7) is 1.89. The van der Waals surface area contributed by atoms with E-state index < -0.39 is 20.7 Å². The fourth-order valence-corrected chi connectivity index (χ4v) is 5.51. The van der Waals surface area contributed by atoms with Crippen molar-refractivity contribution in [2.45, 2.75) is 56.3 Å². The molecule has 1 fully saturated rings. The van der Waals surface area contributed by atoms with Gasteiger partial charge in [-0.05, 0) is 24.8 Å². The molecule has 0 unspecified atom stereocenters. The molecule has 0 aromatic heterocycles. The van der Waals surface area contributed by atoms with Gasteiger partial charge in [-0.25, -0.2) is 8.42 Å². The highest BCUT2D eigenvalue weighted by molar-refractivity contribution is 7.91. The van der Waals surface area contributed by atoms with Crippen LogP contribution < -0.4 is 0 Å². The van der Waals surface area contributed by atoms with Crippen molar-refractivity contribution in [3.8, 4) is 0 Å². The van der Waals surface area contributed by atoms with Crippen LogP contribution in [0.4, 0.5) is 0 Å². The van der Waals surface area contributed by atoms with E-state index in [4.69, 9.17) is 0 Å². The Morgan fingerprint density at radius 2 is 1.75 bits per heavy atom. The third-order valence-electron chi connectivity index (χ3n) is 4.23. The average molecular weight is 296 g/mol. The van der Waals surface area contributed by atoms with Crippen molar-refractivity contribution in [1.29, 1.82) is 0 Å². The highest BCUT2D eigenvalue weighted by Gasteiger charge is 2.37. The lowest BCUT2D eigenvalue weighted by atomic mass is 9.86. The van der Waals surface area contributed by atoms with Gasteiger partial charge >= 0.3 is 0 Å². The van der Waals surface area contributed by atoms with Gasteiger partial charge in [-0.2, -0.15) is 0 Å². The van der Waals surface area contributed by atoms with Crippen molar-refractivity contribution in [2.24, 2.45) is 0 Å². The molecule has 2 rings (SSSR count). The lowest BCUT2D eigenvalue weighted by Crippen LogP contribution is -2.40. The zero-order valence-electron chi connectivity index (χ0n) is 12.1. The minimum Gasteiger partial charge on any atom is -0.389 e. The molecule has 0 saturated heterocycles. The van der Waals surface area contributed by atoms with E-state index in [0.29, 0.717) is 19.3 Å². The largest absolute Gasteiger partial charge is 0.389 e. The maximum atomic E-state index is 12.7. The highest BCUT2D eigenvalue weighted by atomic mass is 32.2. The molecule has 1 aliphatic rings. The fourth-order valence-electron chi connectivity index (χ4n) is 3.19. The maximum absolute atomic E-state index is 12.7. The molecule has 1 aromatic carbocycles. The predicted molar refractivity (Wildman–Crippen MR) is 81.3 cm³/mol. The van der Waals surface area contributed by atoms with Crippen molar-refractivity contribution in [2.75, 3.05) is 5.75 Å². The quantitative estimate of drug-likeness (QED) is 0.907. The molecule has 1 atom stereocenters. The van der Waals surface area contributed by atoms with Gasteiger partial charge in [-0.15, -0.1) is 0 Å². The summed E-state index contributed by atoms with van der Waals surface area (Å²) in [5, 5.41) is 10.0. The molecule has 112 valence electrons. The van der Waals surface area contributed by atoms with Gasteiger partial charge in [-0.3, -0.25) is 0 Å². The van der Waals surface area contributed by atoms with Crippen LogP contribution in [0.3, 0.4) is 0 Å². The summed E-state index contributed by atoms with van der Waals surface area (Å²) in [5.74, 6) is -0.104. The Balaban J connectivity index is 2.20. The lowest BCUT2D eigenvalue weighted by Gasteiger charge is -2.33. The van der Waals surface area contributed by atoms with Crippen molar-refractivity contribution in [3.05, 3.63) is 35.9 Å². The van der Waals surface area contributed by atoms with Crippen LogP contribution in [-0.2, 0) is 9.84 Å². The summed E-state index contributed by atoms with van der Waals surface area (Å²) >= 11 is 0. The van der Waals surface area contributed by atoms with Crippen LogP contribution in [-0.4, -0.2) is 24.9 Å². The Morgan fingerprint density at radius 3 is 2.30 bits per heavy atom. The first-order chi connectivity index (χ1) is 9.47. The van der Waals surface area contributed by atoms with Gasteiger partial charge in [0, 0.05) is 0 Å². The van der Waals surface area contributed by atoms with Gasteiger partial charge in [-0.1, -0.05) is 56.5 Å². The van der Waals surface area contributed by atoms with E-state index >= 15 is 0 Å².